The number of rotatable bonds is 7. The fraction of sp³-hybridized carbons (Fsp3) is 0.474. The molecule has 0 aliphatic heterocycles. The van der Waals surface area contributed by atoms with E-state index in [0.717, 1.165) is 18.4 Å². The molecule has 4 heteroatoms. The van der Waals surface area contributed by atoms with Crippen molar-refractivity contribution in [3.63, 3.8) is 0 Å². The SMILES string of the molecule is CC[C@@H]1C=CC=CC1(O)N[C@H](C)Cc1ccc(OC(C)O)cc1. The van der Waals surface area contributed by atoms with Gasteiger partial charge in [0.2, 0.25) is 0 Å². The van der Waals surface area contributed by atoms with Crippen LogP contribution in [0.5, 0.6) is 5.75 Å². The molecule has 1 aromatic carbocycles. The number of hydrogen-bond acceptors (Lipinski definition) is 4. The third kappa shape index (κ3) is 4.93. The molecule has 1 aliphatic carbocycles. The Hall–Kier alpha value is -1.62. The molecule has 4 atom stereocenters. The zero-order valence-electron chi connectivity index (χ0n) is 14.1. The van der Waals surface area contributed by atoms with Crippen molar-refractivity contribution >= 4 is 0 Å². The van der Waals surface area contributed by atoms with Crippen molar-refractivity contribution < 1.29 is 14.9 Å². The monoisotopic (exact) mass is 317 g/mol. The maximum Gasteiger partial charge on any atom is 0.194 e. The second-order valence-corrected chi connectivity index (χ2v) is 6.19. The predicted molar refractivity (Wildman–Crippen MR) is 92.1 cm³/mol. The van der Waals surface area contributed by atoms with Crippen molar-refractivity contribution in [1.82, 2.24) is 5.32 Å². The van der Waals surface area contributed by atoms with E-state index in [1.807, 2.05) is 48.6 Å². The van der Waals surface area contributed by atoms with E-state index in [1.165, 1.54) is 0 Å². The van der Waals surface area contributed by atoms with Gasteiger partial charge in [0.1, 0.15) is 11.5 Å². The average Bonchev–Trinajstić information content (AvgIpc) is 2.48. The van der Waals surface area contributed by atoms with Gasteiger partial charge in [-0.2, -0.15) is 0 Å². The number of aliphatic hydroxyl groups is 2. The molecule has 126 valence electrons. The minimum atomic E-state index is -0.988. The van der Waals surface area contributed by atoms with Crippen molar-refractivity contribution in [2.24, 2.45) is 5.92 Å². The molecule has 0 radical (unpaired) electrons. The lowest BCUT2D eigenvalue weighted by atomic mass is 9.88. The normalized spacial score (nSPS) is 26.0. The fourth-order valence-electron chi connectivity index (χ4n) is 2.97. The molecule has 0 heterocycles. The minimum Gasteiger partial charge on any atom is -0.465 e. The largest absolute Gasteiger partial charge is 0.465 e. The minimum absolute atomic E-state index is 0.0803. The fourth-order valence-corrected chi connectivity index (χ4v) is 2.97. The Morgan fingerprint density at radius 2 is 1.91 bits per heavy atom. The Morgan fingerprint density at radius 1 is 1.22 bits per heavy atom. The molecular formula is C19H27NO3. The van der Waals surface area contributed by atoms with E-state index in [-0.39, 0.29) is 12.0 Å². The van der Waals surface area contributed by atoms with Crippen LogP contribution >= 0.6 is 0 Å². The number of benzene rings is 1. The number of allylic oxidation sites excluding steroid dienone is 2. The number of aliphatic hydroxyl groups excluding tert-OH is 1. The molecule has 0 saturated heterocycles. The van der Waals surface area contributed by atoms with Gasteiger partial charge in [-0.3, -0.25) is 5.32 Å². The van der Waals surface area contributed by atoms with Crippen LogP contribution in [-0.4, -0.2) is 28.3 Å². The highest BCUT2D eigenvalue weighted by Gasteiger charge is 2.33. The molecule has 23 heavy (non-hydrogen) atoms. The van der Waals surface area contributed by atoms with Gasteiger partial charge < -0.3 is 14.9 Å². The van der Waals surface area contributed by atoms with Crippen molar-refractivity contribution in [2.75, 3.05) is 0 Å². The summed E-state index contributed by atoms with van der Waals surface area (Å²) in [5, 5.41) is 23.4. The van der Waals surface area contributed by atoms with Crippen LogP contribution in [0.3, 0.4) is 0 Å². The van der Waals surface area contributed by atoms with Crippen LogP contribution in [0, 0.1) is 5.92 Å². The van der Waals surface area contributed by atoms with Gasteiger partial charge in [0.25, 0.3) is 0 Å². The second-order valence-electron chi connectivity index (χ2n) is 6.19. The van der Waals surface area contributed by atoms with Gasteiger partial charge in [-0.1, -0.05) is 37.3 Å². The van der Waals surface area contributed by atoms with E-state index >= 15 is 0 Å². The maximum absolute atomic E-state index is 10.8. The Balaban J connectivity index is 1.95. The van der Waals surface area contributed by atoms with Crippen LogP contribution in [-0.2, 0) is 6.42 Å². The summed E-state index contributed by atoms with van der Waals surface area (Å²) in [5.74, 6) is 0.728. The molecule has 3 N–H and O–H groups in total. The van der Waals surface area contributed by atoms with Crippen molar-refractivity contribution in [3.05, 3.63) is 54.1 Å². The summed E-state index contributed by atoms with van der Waals surface area (Å²) in [6, 6.07) is 7.78. The van der Waals surface area contributed by atoms with E-state index in [1.54, 1.807) is 6.92 Å². The van der Waals surface area contributed by atoms with Gasteiger partial charge in [0.15, 0.2) is 6.29 Å². The quantitative estimate of drug-likeness (QED) is 0.677. The summed E-state index contributed by atoms with van der Waals surface area (Å²) in [7, 11) is 0. The third-order valence-electron chi connectivity index (χ3n) is 4.06. The van der Waals surface area contributed by atoms with E-state index < -0.39 is 12.0 Å². The highest BCUT2D eigenvalue weighted by Crippen LogP contribution is 2.26. The first kappa shape index (κ1) is 17.7. The Bertz CT molecular complexity index is 550. The lowest BCUT2D eigenvalue weighted by Gasteiger charge is -2.36. The first-order chi connectivity index (χ1) is 10.9. The van der Waals surface area contributed by atoms with Crippen LogP contribution < -0.4 is 10.1 Å². The molecular weight excluding hydrogens is 290 g/mol. The first-order valence-electron chi connectivity index (χ1n) is 8.22. The second kappa shape index (κ2) is 7.77. The highest BCUT2D eigenvalue weighted by atomic mass is 16.6. The molecule has 2 rings (SSSR count). The summed E-state index contributed by atoms with van der Waals surface area (Å²) in [6.07, 6.45) is 8.60. The van der Waals surface area contributed by atoms with E-state index in [4.69, 9.17) is 4.74 Å². The van der Waals surface area contributed by atoms with E-state index in [9.17, 15) is 10.2 Å². The Kier molecular flexibility index (Phi) is 5.99. The summed E-state index contributed by atoms with van der Waals surface area (Å²) in [4.78, 5) is 0. The summed E-state index contributed by atoms with van der Waals surface area (Å²) < 4.78 is 5.22. The molecule has 0 bridgehead atoms. The molecule has 0 aromatic heterocycles. The molecule has 0 fully saturated rings. The van der Waals surface area contributed by atoms with E-state index in [0.29, 0.717) is 5.75 Å². The number of ether oxygens (including phenoxy) is 1. The summed E-state index contributed by atoms with van der Waals surface area (Å²) >= 11 is 0. The lowest BCUT2D eigenvalue weighted by Crippen LogP contribution is -2.53. The standard InChI is InChI=1S/C19H27NO3/c1-4-17-7-5-6-12-19(17,22)20-14(2)13-16-8-10-18(11-9-16)23-15(3)21/h5-12,14-15,17,20-22H,4,13H2,1-3H3/t14-,15?,17-,19?/m1/s1. The van der Waals surface area contributed by atoms with Crippen LogP contribution in [0.15, 0.2) is 48.6 Å². The smallest absolute Gasteiger partial charge is 0.194 e. The molecule has 2 unspecified atom stereocenters. The number of nitrogens with one attached hydrogen (secondary N) is 1. The first-order valence-corrected chi connectivity index (χ1v) is 8.22. The molecule has 0 spiro atoms. The zero-order valence-corrected chi connectivity index (χ0v) is 14.1. The van der Waals surface area contributed by atoms with Gasteiger partial charge in [0, 0.05) is 12.0 Å². The van der Waals surface area contributed by atoms with Gasteiger partial charge in [-0.15, -0.1) is 0 Å². The topological polar surface area (TPSA) is 61.7 Å². The maximum atomic E-state index is 10.8. The molecule has 0 saturated carbocycles. The molecule has 0 amide bonds. The molecule has 1 aromatic rings. The Morgan fingerprint density at radius 3 is 2.52 bits per heavy atom. The van der Waals surface area contributed by atoms with Crippen LogP contribution in [0.4, 0.5) is 0 Å². The highest BCUT2D eigenvalue weighted by molar-refractivity contribution is 5.28. The Labute approximate surface area is 138 Å². The number of hydrogen-bond donors (Lipinski definition) is 3. The molecule has 1 aliphatic rings. The summed E-state index contributed by atoms with van der Waals surface area (Å²) in [5.41, 5.74) is 0.160. The summed E-state index contributed by atoms with van der Waals surface area (Å²) in [6.45, 7) is 5.72. The van der Waals surface area contributed by atoms with Gasteiger partial charge in [-0.25, -0.2) is 0 Å². The van der Waals surface area contributed by atoms with Crippen molar-refractivity contribution in [2.45, 2.75) is 51.7 Å². The van der Waals surface area contributed by atoms with Gasteiger partial charge in [-0.05, 0) is 50.5 Å². The van der Waals surface area contributed by atoms with Gasteiger partial charge >= 0.3 is 0 Å². The van der Waals surface area contributed by atoms with Gasteiger partial charge in [0.05, 0.1) is 0 Å². The third-order valence-corrected chi connectivity index (χ3v) is 4.06. The molecule has 4 nitrogen and oxygen atoms in total. The van der Waals surface area contributed by atoms with E-state index in [2.05, 4.69) is 19.2 Å². The average molecular weight is 317 g/mol. The lowest BCUT2D eigenvalue weighted by molar-refractivity contribution is -0.000671. The van der Waals surface area contributed by atoms with Crippen LogP contribution in [0.2, 0.25) is 0 Å². The zero-order chi connectivity index (χ0) is 16.9. The van der Waals surface area contributed by atoms with Crippen LogP contribution in [0.1, 0.15) is 32.8 Å². The van der Waals surface area contributed by atoms with Crippen LogP contribution in [0.25, 0.3) is 0 Å². The predicted octanol–water partition coefficient (Wildman–Crippen LogP) is 2.77. The van der Waals surface area contributed by atoms with Crippen molar-refractivity contribution in [1.29, 1.82) is 0 Å². The van der Waals surface area contributed by atoms with Crippen molar-refractivity contribution in [3.8, 4) is 5.75 Å².